The van der Waals surface area contributed by atoms with Crippen LogP contribution in [0.15, 0.2) is 24.3 Å². The number of benzene rings is 1. The summed E-state index contributed by atoms with van der Waals surface area (Å²) in [4.78, 5) is 0. The molecule has 0 saturated heterocycles. The van der Waals surface area contributed by atoms with Crippen molar-refractivity contribution in [2.75, 3.05) is 6.61 Å². The molecule has 0 radical (unpaired) electrons. The van der Waals surface area contributed by atoms with Gasteiger partial charge in [0.05, 0.1) is 6.61 Å². The highest BCUT2D eigenvalue weighted by Gasteiger charge is 2.00. The fourth-order valence-electron chi connectivity index (χ4n) is 1.63. The summed E-state index contributed by atoms with van der Waals surface area (Å²) in [6, 6.07) is 6.57. The molecule has 1 rings (SSSR count). The topological polar surface area (TPSA) is 49.7 Å². The average Bonchev–Trinajstić information content (AvgIpc) is 2.41. The van der Waals surface area contributed by atoms with E-state index >= 15 is 0 Å². The van der Waals surface area contributed by atoms with Gasteiger partial charge in [-0.2, -0.15) is 0 Å². The number of ether oxygens (including phenoxy) is 1. The Morgan fingerprint density at radius 1 is 1.05 bits per heavy atom. The third-order valence-electron chi connectivity index (χ3n) is 2.59. The Hall–Kier alpha value is -1.07. The summed E-state index contributed by atoms with van der Waals surface area (Å²) >= 11 is 0. The zero-order chi connectivity index (χ0) is 14.3. The van der Waals surface area contributed by atoms with Gasteiger partial charge in [-0.05, 0) is 18.6 Å². The number of para-hydroxylation sites is 1. The Bertz CT molecular complexity index is 310. The van der Waals surface area contributed by atoms with E-state index in [1.807, 2.05) is 0 Å². The van der Waals surface area contributed by atoms with Gasteiger partial charge in [-0.1, -0.05) is 51.2 Å². The molecule has 0 aromatic heterocycles. The van der Waals surface area contributed by atoms with E-state index in [4.69, 9.17) is 14.8 Å². The summed E-state index contributed by atoms with van der Waals surface area (Å²) in [7, 11) is -0.750. The van der Waals surface area contributed by atoms with E-state index in [9.17, 15) is 4.39 Å². The fraction of sp³-hybridized carbons (Fsp3) is 0.571. The quantitative estimate of drug-likeness (QED) is 0.564. The number of rotatable bonds is 8. The van der Waals surface area contributed by atoms with Gasteiger partial charge in [0.25, 0.3) is 0 Å². The summed E-state index contributed by atoms with van der Waals surface area (Å²) < 4.78 is 18.5. The number of hydrogen-bond donors (Lipinski definition) is 2. The van der Waals surface area contributed by atoms with Crippen LogP contribution in [0.1, 0.15) is 45.4 Å². The predicted molar refractivity (Wildman–Crippen MR) is 76.9 cm³/mol. The Morgan fingerprint density at radius 3 is 2.26 bits per heavy atom. The van der Waals surface area contributed by atoms with Gasteiger partial charge in [-0.15, -0.1) is 0 Å². The van der Waals surface area contributed by atoms with Gasteiger partial charge >= 0.3 is 7.69 Å². The maximum atomic E-state index is 13.1. The fourth-order valence-corrected chi connectivity index (χ4v) is 1.63. The molecule has 5 heteroatoms. The first kappa shape index (κ1) is 17.9. The number of hydrogen-bond acceptors (Lipinski definition) is 3. The molecule has 19 heavy (non-hydrogen) atoms. The van der Waals surface area contributed by atoms with Gasteiger partial charge in [0, 0.05) is 0 Å². The highest BCUT2D eigenvalue weighted by Crippen LogP contribution is 2.16. The van der Waals surface area contributed by atoms with Crippen LogP contribution < -0.4 is 4.74 Å². The van der Waals surface area contributed by atoms with Crippen molar-refractivity contribution in [3.63, 3.8) is 0 Å². The van der Waals surface area contributed by atoms with Gasteiger partial charge in [0.2, 0.25) is 0 Å². The van der Waals surface area contributed by atoms with E-state index in [0.717, 1.165) is 6.42 Å². The second kappa shape index (κ2) is 13.4. The lowest BCUT2D eigenvalue weighted by Gasteiger charge is -2.06. The molecule has 0 bridgehead atoms. The van der Waals surface area contributed by atoms with Crippen molar-refractivity contribution in [1.82, 2.24) is 0 Å². The highest BCUT2D eigenvalue weighted by atomic mass is 19.1. The summed E-state index contributed by atoms with van der Waals surface area (Å²) in [5, 5.41) is 14.2. The van der Waals surface area contributed by atoms with E-state index < -0.39 is 7.69 Å². The average molecular weight is 270 g/mol. The third-order valence-corrected chi connectivity index (χ3v) is 2.59. The van der Waals surface area contributed by atoms with Crippen LogP contribution in [0.4, 0.5) is 4.39 Å². The van der Waals surface area contributed by atoms with E-state index in [1.165, 1.54) is 38.2 Å². The van der Waals surface area contributed by atoms with E-state index in [-0.39, 0.29) is 5.82 Å². The third kappa shape index (κ3) is 10.5. The molecule has 0 atom stereocenters. The maximum Gasteiger partial charge on any atom is 0.432 e. The Morgan fingerprint density at radius 2 is 1.63 bits per heavy atom. The van der Waals surface area contributed by atoms with Gasteiger partial charge < -0.3 is 14.8 Å². The highest BCUT2D eigenvalue weighted by molar-refractivity contribution is 6.13. The minimum absolute atomic E-state index is 0.270. The molecule has 3 nitrogen and oxygen atoms in total. The minimum Gasteiger partial charge on any atom is -0.491 e. The second-order valence-electron chi connectivity index (χ2n) is 4.19. The molecular formula is C14H24BFO3. The van der Waals surface area contributed by atoms with Gasteiger partial charge in [-0.3, -0.25) is 0 Å². The smallest absolute Gasteiger partial charge is 0.432 e. The van der Waals surface area contributed by atoms with Crippen molar-refractivity contribution in [3.05, 3.63) is 30.1 Å². The lowest BCUT2D eigenvalue weighted by Crippen LogP contribution is -1.98. The van der Waals surface area contributed by atoms with Gasteiger partial charge in [-0.25, -0.2) is 4.39 Å². The van der Waals surface area contributed by atoms with Crippen LogP contribution in [0, 0.1) is 5.82 Å². The second-order valence-corrected chi connectivity index (χ2v) is 4.19. The summed E-state index contributed by atoms with van der Waals surface area (Å²) in [5.74, 6) is 0.101. The first-order valence-electron chi connectivity index (χ1n) is 6.85. The van der Waals surface area contributed by atoms with E-state index in [2.05, 4.69) is 6.92 Å². The number of halogens is 1. The molecule has 1 aromatic carbocycles. The van der Waals surface area contributed by atoms with Crippen molar-refractivity contribution in [1.29, 1.82) is 0 Å². The molecule has 0 saturated carbocycles. The van der Waals surface area contributed by atoms with Crippen molar-refractivity contribution in [2.45, 2.75) is 45.4 Å². The van der Waals surface area contributed by atoms with Crippen LogP contribution in [0.5, 0.6) is 5.75 Å². The Labute approximate surface area is 115 Å². The van der Waals surface area contributed by atoms with Crippen LogP contribution >= 0.6 is 0 Å². The van der Waals surface area contributed by atoms with Crippen molar-refractivity contribution >= 4 is 7.69 Å². The maximum absolute atomic E-state index is 13.1. The molecule has 0 aliphatic heterocycles. The molecule has 1 aromatic rings. The lowest BCUT2D eigenvalue weighted by atomic mass is 10.1. The van der Waals surface area contributed by atoms with Crippen LogP contribution in [-0.4, -0.2) is 24.3 Å². The van der Waals surface area contributed by atoms with Gasteiger partial charge in [0.15, 0.2) is 11.6 Å². The van der Waals surface area contributed by atoms with E-state index in [1.54, 1.807) is 18.2 Å². The molecule has 0 aliphatic rings. The molecule has 0 unspecified atom stereocenters. The standard InChI is InChI=1S/C14H21FO.BH3O2/c1-2-3-4-5-6-9-12-16-14-11-8-7-10-13(14)15;2-1-3/h7-8,10-11H,2-6,9,12H2,1H3;1-3H. The molecular weight excluding hydrogens is 246 g/mol. The van der Waals surface area contributed by atoms with Crippen LogP contribution in [0.2, 0.25) is 0 Å². The zero-order valence-electron chi connectivity index (χ0n) is 11.6. The molecule has 0 spiro atoms. The molecule has 108 valence electrons. The lowest BCUT2D eigenvalue weighted by molar-refractivity contribution is 0.290. The molecule has 0 amide bonds. The normalized spacial score (nSPS) is 9.47. The van der Waals surface area contributed by atoms with E-state index in [0.29, 0.717) is 12.4 Å². The zero-order valence-corrected chi connectivity index (χ0v) is 11.6. The summed E-state index contributed by atoms with van der Waals surface area (Å²) in [6.45, 7) is 2.83. The Balaban J connectivity index is 0.000000982. The van der Waals surface area contributed by atoms with Crippen molar-refractivity contribution < 1.29 is 19.2 Å². The van der Waals surface area contributed by atoms with Crippen LogP contribution in [-0.2, 0) is 0 Å². The largest absolute Gasteiger partial charge is 0.491 e. The minimum atomic E-state index is -0.750. The monoisotopic (exact) mass is 270 g/mol. The first-order valence-corrected chi connectivity index (χ1v) is 6.85. The Kier molecular flexibility index (Phi) is 12.6. The van der Waals surface area contributed by atoms with Crippen LogP contribution in [0.3, 0.4) is 0 Å². The van der Waals surface area contributed by atoms with Crippen LogP contribution in [0.25, 0.3) is 0 Å². The number of unbranched alkanes of at least 4 members (excludes halogenated alkanes) is 5. The predicted octanol–water partition coefficient (Wildman–Crippen LogP) is 2.80. The van der Waals surface area contributed by atoms with Crippen molar-refractivity contribution in [2.24, 2.45) is 0 Å². The molecule has 2 N–H and O–H groups in total. The molecule has 0 aliphatic carbocycles. The summed E-state index contributed by atoms with van der Waals surface area (Å²) in [6.07, 6.45) is 7.33. The summed E-state index contributed by atoms with van der Waals surface area (Å²) in [5.41, 5.74) is 0. The molecule has 0 fully saturated rings. The van der Waals surface area contributed by atoms with Gasteiger partial charge in [0.1, 0.15) is 0 Å². The molecule has 0 heterocycles. The SMILES string of the molecule is CCCCCCCCOc1ccccc1F.OBO. The van der Waals surface area contributed by atoms with Crippen molar-refractivity contribution in [3.8, 4) is 5.75 Å². The first-order chi connectivity index (χ1) is 9.26.